The van der Waals surface area contributed by atoms with Gasteiger partial charge in [-0.2, -0.15) is 12.7 Å². The van der Waals surface area contributed by atoms with Crippen molar-refractivity contribution in [3.63, 3.8) is 0 Å². The standard InChI is InChI=1S/C26H37FN4O5S/c1-7-23(26(33)28-16-19(2)3)30(17-20-11-10-12-21(15-20)36-6)25(32)18-31(37(34,35)29(4)5)24-14-9-8-13-22(24)27/h8-15,19,23H,7,16-18H2,1-6H3,(H,28,33). The third-order valence-electron chi connectivity index (χ3n) is 5.70. The molecule has 2 aromatic carbocycles. The van der Waals surface area contributed by atoms with E-state index in [2.05, 4.69) is 5.32 Å². The second kappa shape index (κ2) is 13.4. The highest BCUT2D eigenvalue weighted by Crippen LogP contribution is 2.24. The Bertz CT molecular complexity index is 1170. The number of hydrogen-bond donors (Lipinski definition) is 1. The van der Waals surface area contributed by atoms with E-state index in [1.807, 2.05) is 13.8 Å². The minimum atomic E-state index is -4.24. The van der Waals surface area contributed by atoms with Crippen LogP contribution in [0.15, 0.2) is 48.5 Å². The molecule has 204 valence electrons. The minimum absolute atomic E-state index is 0.0246. The summed E-state index contributed by atoms with van der Waals surface area (Å²) in [6.07, 6.45) is 0.291. The molecule has 0 aliphatic carbocycles. The predicted molar refractivity (Wildman–Crippen MR) is 142 cm³/mol. The first-order valence-electron chi connectivity index (χ1n) is 12.1. The van der Waals surface area contributed by atoms with E-state index in [0.717, 1.165) is 14.7 Å². The van der Waals surface area contributed by atoms with Crippen LogP contribution in [0.1, 0.15) is 32.8 Å². The Morgan fingerprint density at radius 1 is 1.08 bits per heavy atom. The van der Waals surface area contributed by atoms with Crippen LogP contribution in [0.2, 0.25) is 0 Å². The van der Waals surface area contributed by atoms with Crippen LogP contribution in [0.3, 0.4) is 0 Å². The van der Waals surface area contributed by atoms with Crippen molar-refractivity contribution in [2.45, 2.75) is 39.8 Å². The Balaban J connectivity index is 2.52. The minimum Gasteiger partial charge on any atom is -0.497 e. The Morgan fingerprint density at radius 2 is 1.76 bits per heavy atom. The number of carbonyl (C=O) groups is 2. The lowest BCUT2D eigenvalue weighted by molar-refractivity contribution is -0.140. The molecule has 1 unspecified atom stereocenters. The van der Waals surface area contributed by atoms with E-state index in [1.54, 1.807) is 31.2 Å². The Labute approximate surface area is 219 Å². The number of para-hydroxylation sites is 1. The lowest BCUT2D eigenvalue weighted by atomic mass is 10.1. The molecule has 0 saturated carbocycles. The molecule has 0 bridgehead atoms. The van der Waals surface area contributed by atoms with Crippen molar-refractivity contribution in [3.05, 3.63) is 59.9 Å². The van der Waals surface area contributed by atoms with Gasteiger partial charge in [0.15, 0.2) is 0 Å². The molecule has 1 atom stereocenters. The summed E-state index contributed by atoms with van der Waals surface area (Å²) in [5.41, 5.74) is 0.430. The zero-order valence-electron chi connectivity index (χ0n) is 22.3. The molecule has 37 heavy (non-hydrogen) atoms. The van der Waals surface area contributed by atoms with Crippen molar-refractivity contribution < 1.29 is 27.1 Å². The van der Waals surface area contributed by atoms with Gasteiger partial charge in [0.05, 0.1) is 12.8 Å². The average molecular weight is 537 g/mol. The van der Waals surface area contributed by atoms with Crippen molar-refractivity contribution in [2.75, 3.05) is 38.6 Å². The summed E-state index contributed by atoms with van der Waals surface area (Å²) in [5.74, 6) is -1.01. The van der Waals surface area contributed by atoms with E-state index < -0.39 is 34.5 Å². The third kappa shape index (κ3) is 7.90. The molecule has 0 aromatic heterocycles. The van der Waals surface area contributed by atoms with Gasteiger partial charge in [-0.05, 0) is 42.2 Å². The van der Waals surface area contributed by atoms with Crippen LogP contribution in [0.25, 0.3) is 0 Å². The van der Waals surface area contributed by atoms with Gasteiger partial charge in [0.25, 0.3) is 0 Å². The molecule has 0 saturated heterocycles. The Hall–Kier alpha value is -3.18. The topological polar surface area (TPSA) is 99.3 Å². The maximum absolute atomic E-state index is 14.7. The number of anilines is 1. The number of ether oxygens (including phenoxy) is 1. The molecule has 2 rings (SSSR count). The van der Waals surface area contributed by atoms with Gasteiger partial charge in [0, 0.05) is 27.2 Å². The van der Waals surface area contributed by atoms with Gasteiger partial charge >= 0.3 is 10.2 Å². The summed E-state index contributed by atoms with van der Waals surface area (Å²) >= 11 is 0. The SMILES string of the molecule is CCC(C(=O)NCC(C)C)N(Cc1cccc(OC)c1)C(=O)CN(c1ccccc1F)S(=O)(=O)N(C)C. The van der Waals surface area contributed by atoms with Crippen LogP contribution in [-0.4, -0.2) is 69.8 Å². The van der Waals surface area contributed by atoms with E-state index in [1.165, 1.54) is 44.3 Å². The lowest BCUT2D eigenvalue weighted by Gasteiger charge is -2.34. The van der Waals surface area contributed by atoms with Crippen molar-refractivity contribution in [1.82, 2.24) is 14.5 Å². The summed E-state index contributed by atoms with van der Waals surface area (Å²) in [6.45, 7) is 5.44. The summed E-state index contributed by atoms with van der Waals surface area (Å²) in [7, 11) is -0.117. The molecule has 1 N–H and O–H groups in total. The fraction of sp³-hybridized carbons (Fsp3) is 0.462. The number of nitrogens with one attached hydrogen (secondary N) is 1. The van der Waals surface area contributed by atoms with E-state index in [-0.39, 0.29) is 24.1 Å². The van der Waals surface area contributed by atoms with Crippen molar-refractivity contribution in [2.24, 2.45) is 5.92 Å². The van der Waals surface area contributed by atoms with Crippen molar-refractivity contribution >= 4 is 27.7 Å². The number of benzene rings is 2. The monoisotopic (exact) mass is 536 g/mol. The summed E-state index contributed by atoms with van der Waals surface area (Å²) in [4.78, 5) is 28.2. The fourth-order valence-electron chi connectivity index (χ4n) is 3.67. The molecule has 9 nitrogen and oxygen atoms in total. The molecule has 0 radical (unpaired) electrons. The van der Waals surface area contributed by atoms with E-state index in [0.29, 0.717) is 24.3 Å². The smallest absolute Gasteiger partial charge is 0.304 e. The number of carbonyl (C=O) groups excluding carboxylic acids is 2. The number of rotatable bonds is 13. The van der Waals surface area contributed by atoms with Crippen LogP contribution in [0, 0.1) is 11.7 Å². The molecule has 0 heterocycles. The van der Waals surface area contributed by atoms with Gasteiger partial charge in [-0.15, -0.1) is 0 Å². The second-order valence-electron chi connectivity index (χ2n) is 9.18. The maximum atomic E-state index is 14.7. The van der Waals surface area contributed by atoms with Crippen LogP contribution in [0.5, 0.6) is 5.75 Å². The van der Waals surface area contributed by atoms with E-state index in [9.17, 15) is 22.4 Å². The zero-order chi connectivity index (χ0) is 27.8. The van der Waals surface area contributed by atoms with Crippen LogP contribution in [0.4, 0.5) is 10.1 Å². The first kappa shape index (κ1) is 30.0. The van der Waals surface area contributed by atoms with Gasteiger partial charge in [-0.25, -0.2) is 8.70 Å². The van der Waals surface area contributed by atoms with Gasteiger partial charge in [-0.1, -0.05) is 45.0 Å². The molecule has 11 heteroatoms. The molecular formula is C26H37FN4O5S. The summed E-state index contributed by atoms with van der Waals surface area (Å²) < 4.78 is 47.9. The number of halogens is 1. The predicted octanol–water partition coefficient (Wildman–Crippen LogP) is 3.03. The van der Waals surface area contributed by atoms with Gasteiger partial charge < -0.3 is 15.0 Å². The van der Waals surface area contributed by atoms with Crippen LogP contribution >= 0.6 is 0 Å². The summed E-state index contributed by atoms with van der Waals surface area (Å²) in [6, 6.07) is 11.5. The highest BCUT2D eigenvalue weighted by atomic mass is 32.2. The highest BCUT2D eigenvalue weighted by molar-refractivity contribution is 7.90. The fourth-order valence-corrected chi connectivity index (χ4v) is 4.73. The molecule has 0 fully saturated rings. The molecule has 2 amide bonds. The molecular weight excluding hydrogens is 499 g/mol. The zero-order valence-corrected chi connectivity index (χ0v) is 23.1. The third-order valence-corrected chi connectivity index (χ3v) is 7.50. The number of hydrogen-bond acceptors (Lipinski definition) is 5. The van der Waals surface area contributed by atoms with Crippen molar-refractivity contribution in [3.8, 4) is 5.75 Å². The highest BCUT2D eigenvalue weighted by Gasteiger charge is 2.34. The first-order valence-corrected chi connectivity index (χ1v) is 13.5. The number of nitrogens with zero attached hydrogens (tertiary/aromatic N) is 3. The average Bonchev–Trinajstić information content (AvgIpc) is 2.86. The number of amides is 2. The Morgan fingerprint density at radius 3 is 2.32 bits per heavy atom. The van der Waals surface area contributed by atoms with Gasteiger partial charge in [0.2, 0.25) is 11.8 Å². The van der Waals surface area contributed by atoms with E-state index >= 15 is 0 Å². The first-order chi connectivity index (χ1) is 17.4. The molecule has 2 aromatic rings. The molecule has 0 aliphatic heterocycles. The van der Waals surface area contributed by atoms with E-state index in [4.69, 9.17) is 4.74 Å². The van der Waals surface area contributed by atoms with Crippen LogP contribution < -0.4 is 14.4 Å². The second-order valence-corrected chi connectivity index (χ2v) is 11.3. The maximum Gasteiger partial charge on any atom is 0.304 e. The molecule has 0 spiro atoms. The number of methoxy groups -OCH3 is 1. The normalized spacial score (nSPS) is 12.4. The van der Waals surface area contributed by atoms with Crippen molar-refractivity contribution in [1.29, 1.82) is 0 Å². The lowest BCUT2D eigenvalue weighted by Crippen LogP contribution is -2.53. The molecule has 0 aliphatic rings. The largest absolute Gasteiger partial charge is 0.497 e. The van der Waals surface area contributed by atoms with Crippen LogP contribution in [-0.2, 0) is 26.3 Å². The van der Waals surface area contributed by atoms with Gasteiger partial charge in [-0.3, -0.25) is 9.59 Å². The van der Waals surface area contributed by atoms with Gasteiger partial charge in [0.1, 0.15) is 24.2 Å². The quantitative estimate of drug-likeness (QED) is 0.424. The summed E-state index contributed by atoms with van der Waals surface area (Å²) in [5, 5.41) is 2.86. The Kier molecular flexibility index (Phi) is 10.9.